The third-order valence-electron chi connectivity index (χ3n) is 2.10. The molecular formula is C12H11N3O4. The Bertz CT molecular complexity index is 564. The van der Waals surface area contributed by atoms with Gasteiger partial charge >= 0.3 is 0 Å². The Labute approximate surface area is 108 Å². The second-order valence-corrected chi connectivity index (χ2v) is 3.42. The van der Waals surface area contributed by atoms with Gasteiger partial charge in [-0.25, -0.2) is 0 Å². The zero-order chi connectivity index (χ0) is 14.3. The molecule has 0 fully saturated rings. The highest BCUT2D eigenvalue weighted by Gasteiger charge is 2.12. The Hall–Kier alpha value is -2.96. The van der Waals surface area contributed by atoms with Gasteiger partial charge in [-0.3, -0.25) is 19.7 Å². The van der Waals surface area contributed by atoms with Gasteiger partial charge in [-0.05, 0) is 18.2 Å². The number of nitrogens with one attached hydrogen (secondary N) is 1. The molecule has 7 nitrogen and oxygen atoms in total. The lowest BCUT2D eigenvalue weighted by atomic mass is 10.2. The quantitative estimate of drug-likeness (QED) is 0.261. The van der Waals surface area contributed by atoms with E-state index < -0.39 is 4.92 Å². The Morgan fingerprint density at radius 1 is 1.21 bits per heavy atom. The minimum atomic E-state index is -0.569. The number of hydrogen-bond donors (Lipinski definition) is 2. The van der Waals surface area contributed by atoms with Crippen LogP contribution in [0.25, 0.3) is 0 Å². The zero-order valence-corrected chi connectivity index (χ0v) is 9.78. The minimum absolute atomic E-state index is 0.0408. The summed E-state index contributed by atoms with van der Waals surface area (Å²) in [4.78, 5) is 31.3. The second-order valence-electron chi connectivity index (χ2n) is 3.42. The fraction of sp³-hybridized carbons (Fsp3) is 0. The van der Waals surface area contributed by atoms with E-state index in [-0.39, 0.29) is 22.8 Å². The summed E-state index contributed by atoms with van der Waals surface area (Å²) in [6, 6.07) is 5.87. The molecule has 0 heterocycles. The summed E-state index contributed by atoms with van der Waals surface area (Å²) in [6.45, 7) is 0. The second kappa shape index (κ2) is 6.70. The van der Waals surface area contributed by atoms with Gasteiger partial charge in [0.2, 0.25) is 0 Å². The lowest BCUT2D eigenvalue weighted by molar-refractivity contribution is -0.383. The maximum absolute atomic E-state index is 10.8. The van der Waals surface area contributed by atoms with Crippen LogP contribution in [0.4, 0.5) is 11.4 Å². The predicted octanol–water partition coefficient (Wildman–Crippen LogP) is 1.13. The number of nitro benzene ring substituents is 1. The molecule has 0 aliphatic rings. The van der Waals surface area contributed by atoms with Crippen molar-refractivity contribution in [3.8, 4) is 0 Å². The van der Waals surface area contributed by atoms with Crippen molar-refractivity contribution in [3.63, 3.8) is 0 Å². The van der Waals surface area contributed by atoms with Crippen LogP contribution in [0.15, 0.2) is 47.8 Å². The van der Waals surface area contributed by atoms with Gasteiger partial charge in [-0.1, -0.05) is 12.1 Å². The number of rotatable bonds is 6. The number of carbonyl (C=O) groups is 2. The lowest BCUT2D eigenvalue weighted by Crippen LogP contribution is -2.04. The lowest BCUT2D eigenvalue weighted by Gasteiger charge is -2.05. The molecule has 0 unspecified atom stereocenters. The molecule has 1 aromatic rings. The highest BCUT2D eigenvalue weighted by atomic mass is 16.6. The number of hydrogen-bond acceptors (Lipinski definition) is 6. The van der Waals surface area contributed by atoms with Crippen molar-refractivity contribution in [2.75, 3.05) is 5.32 Å². The van der Waals surface area contributed by atoms with Gasteiger partial charge in [0.1, 0.15) is 5.69 Å². The van der Waals surface area contributed by atoms with E-state index in [2.05, 4.69) is 5.32 Å². The number of nitro groups is 1. The average molecular weight is 261 g/mol. The number of nitrogens with two attached hydrogens (primary N) is 1. The molecule has 0 saturated carbocycles. The van der Waals surface area contributed by atoms with Gasteiger partial charge < -0.3 is 11.1 Å². The summed E-state index contributed by atoms with van der Waals surface area (Å²) in [5, 5.41) is 13.4. The van der Waals surface area contributed by atoms with Gasteiger partial charge in [0.25, 0.3) is 5.69 Å². The van der Waals surface area contributed by atoms with E-state index in [1.54, 1.807) is 6.07 Å². The number of aldehydes is 2. The largest absolute Gasteiger partial charge is 0.396 e. The van der Waals surface area contributed by atoms with Crippen LogP contribution < -0.4 is 11.1 Å². The number of nitrogens with zero attached hydrogens (tertiary/aromatic N) is 1. The molecule has 7 heteroatoms. The van der Waals surface area contributed by atoms with Gasteiger partial charge in [-0.2, -0.15) is 0 Å². The standard InChI is InChI=1S/C12H11N3O4/c13-9(7-16)5-6-10(8-17)14-11-3-1-2-4-12(11)15(18)19/h1-8,14H,13H2. The van der Waals surface area contributed by atoms with E-state index in [4.69, 9.17) is 5.73 Å². The first-order valence-corrected chi connectivity index (χ1v) is 5.16. The molecular weight excluding hydrogens is 250 g/mol. The molecule has 0 aromatic heterocycles. The summed E-state index contributed by atoms with van der Waals surface area (Å²) < 4.78 is 0. The number of allylic oxidation sites excluding steroid dienone is 4. The number of para-hydroxylation sites is 2. The Balaban J connectivity index is 3.03. The molecule has 1 aromatic carbocycles. The van der Waals surface area contributed by atoms with Crippen LogP contribution in [0, 0.1) is 10.1 Å². The molecule has 98 valence electrons. The first-order chi connectivity index (χ1) is 9.08. The third kappa shape index (κ3) is 4.08. The fourth-order valence-corrected chi connectivity index (χ4v) is 1.23. The smallest absolute Gasteiger partial charge is 0.292 e. The fourth-order valence-electron chi connectivity index (χ4n) is 1.23. The van der Waals surface area contributed by atoms with Gasteiger partial charge in [0, 0.05) is 6.07 Å². The first-order valence-electron chi connectivity index (χ1n) is 5.16. The maximum Gasteiger partial charge on any atom is 0.292 e. The van der Waals surface area contributed by atoms with E-state index >= 15 is 0 Å². The molecule has 1 rings (SSSR count). The molecule has 0 aliphatic heterocycles. The van der Waals surface area contributed by atoms with Crippen LogP contribution in [-0.4, -0.2) is 17.5 Å². The SMILES string of the molecule is NC(C=O)=CC=C(C=O)Nc1ccccc1[N+](=O)[O-]. The topological polar surface area (TPSA) is 115 Å². The summed E-state index contributed by atoms with van der Waals surface area (Å²) in [5.74, 6) is 0. The maximum atomic E-state index is 10.8. The molecule has 0 saturated heterocycles. The van der Waals surface area contributed by atoms with Gasteiger partial charge in [0.05, 0.1) is 16.3 Å². The average Bonchev–Trinajstić information content (AvgIpc) is 2.43. The third-order valence-corrected chi connectivity index (χ3v) is 2.10. The minimum Gasteiger partial charge on any atom is -0.396 e. The van der Waals surface area contributed by atoms with E-state index in [0.717, 1.165) is 0 Å². The van der Waals surface area contributed by atoms with E-state index in [1.807, 2.05) is 0 Å². The van der Waals surface area contributed by atoms with Crippen LogP contribution in [0.5, 0.6) is 0 Å². The molecule has 0 aliphatic carbocycles. The van der Waals surface area contributed by atoms with Crippen molar-refractivity contribution in [1.29, 1.82) is 0 Å². The molecule has 3 N–H and O–H groups in total. The van der Waals surface area contributed by atoms with Crippen LogP contribution in [-0.2, 0) is 9.59 Å². The Morgan fingerprint density at radius 2 is 1.89 bits per heavy atom. The van der Waals surface area contributed by atoms with Gasteiger partial charge in [-0.15, -0.1) is 0 Å². The highest BCUT2D eigenvalue weighted by Crippen LogP contribution is 2.24. The van der Waals surface area contributed by atoms with Crippen LogP contribution in [0.2, 0.25) is 0 Å². The Kier molecular flexibility index (Phi) is 4.97. The predicted molar refractivity (Wildman–Crippen MR) is 69.2 cm³/mol. The summed E-state index contributed by atoms with van der Waals surface area (Å²) in [5.41, 5.74) is 5.22. The molecule has 0 bridgehead atoms. The summed E-state index contributed by atoms with van der Waals surface area (Å²) in [6.07, 6.45) is 3.36. The van der Waals surface area contributed by atoms with Crippen LogP contribution in [0.3, 0.4) is 0 Å². The monoisotopic (exact) mass is 261 g/mol. The highest BCUT2D eigenvalue weighted by molar-refractivity contribution is 5.82. The molecule has 0 atom stereocenters. The van der Waals surface area contributed by atoms with Crippen molar-refractivity contribution in [2.24, 2.45) is 5.73 Å². The summed E-state index contributed by atoms with van der Waals surface area (Å²) >= 11 is 0. The molecule has 0 radical (unpaired) electrons. The Morgan fingerprint density at radius 3 is 2.47 bits per heavy atom. The van der Waals surface area contributed by atoms with Crippen molar-refractivity contribution >= 4 is 23.9 Å². The van der Waals surface area contributed by atoms with Crippen molar-refractivity contribution < 1.29 is 14.5 Å². The first kappa shape index (κ1) is 14.1. The van der Waals surface area contributed by atoms with Crippen molar-refractivity contribution in [3.05, 3.63) is 57.9 Å². The normalized spacial score (nSPS) is 11.8. The van der Waals surface area contributed by atoms with E-state index in [1.165, 1.54) is 30.4 Å². The molecule has 0 spiro atoms. The number of anilines is 1. The van der Waals surface area contributed by atoms with E-state index in [9.17, 15) is 19.7 Å². The molecule has 0 amide bonds. The number of carbonyl (C=O) groups excluding carboxylic acids is 2. The van der Waals surface area contributed by atoms with Crippen molar-refractivity contribution in [2.45, 2.75) is 0 Å². The molecule has 19 heavy (non-hydrogen) atoms. The van der Waals surface area contributed by atoms with Crippen LogP contribution in [0.1, 0.15) is 0 Å². The van der Waals surface area contributed by atoms with Crippen molar-refractivity contribution in [1.82, 2.24) is 0 Å². The van der Waals surface area contributed by atoms with Crippen LogP contribution >= 0.6 is 0 Å². The zero-order valence-electron chi connectivity index (χ0n) is 9.78. The van der Waals surface area contributed by atoms with E-state index in [0.29, 0.717) is 12.6 Å². The summed E-state index contributed by atoms with van der Waals surface area (Å²) in [7, 11) is 0. The number of benzene rings is 1. The van der Waals surface area contributed by atoms with Gasteiger partial charge in [0.15, 0.2) is 12.6 Å².